The highest BCUT2D eigenvalue weighted by Gasteiger charge is 2.21. The van der Waals surface area contributed by atoms with Gasteiger partial charge >= 0.3 is 0 Å². The molecule has 84 valence electrons. The third-order valence-corrected chi connectivity index (χ3v) is 4.52. The molecule has 0 spiro atoms. The molecule has 1 aliphatic carbocycles. The Kier molecular flexibility index (Phi) is 4.20. The molecule has 4 heteroatoms. The number of thiophene rings is 1. The third-order valence-electron chi connectivity index (χ3n) is 2.81. The molecule has 0 fully saturated rings. The summed E-state index contributed by atoms with van der Waals surface area (Å²) >= 11 is 5.41. The molecule has 0 saturated heterocycles. The number of halogens is 1. The average Bonchev–Trinajstić information content (AvgIpc) is 2.59. The van der Waals surface area contributed by atoms with Crippen LogP contribution in [0.25, 0.3) is 0 Å². The minimum absolute atomic E-state index is 0.278. The van der Waals surface area contributed by atoms with Crippen molar-refractivity contribution in [3.63, 3.8) is 0 Å². The van der Waals surface area contributed by atoms with E-state index in [0.29, 0.717) is 6.04 Å². The lowest BCUT2D eigenvalue weighted by atomic mass is 9.94. The minimum atomic E-state index is 0.278. The second kappa shape index (κ2) is 5.43. The van der Waals surface area contributed by atoms with Gasteiger partial charge in [0.25, 0.3) is 0 Å². The molecule has 2 N–H and O–H groups in total. The SMILES string of the molecule is OCCCNC1CCCc2sc(Br)cc21. The second-order valence-corrected chi connectivity index (χ2v) is 6.42. The molecule has 1 aliphatic rings. The highest BCUT2D eigenvalue weighted by Crippen LogP contribution is 2.37. The first-order valence-corrected chi connectivity index (χ1v) is 7.04. The van der Waals surface area contributed by atoms with E-state index in [2.05, 4.69) is 27.3 Å². The Bertz CT molecular complexity index is 326. The molecule has 0 aromatic carbocycles. The van der Waals surface area contributed by atoms with Crippen LogP contribution in [0.4, 0.5) is 0 Å². The van der Waals surface area contributed by atoms with Crippen LogP contribution in [-0.2, 0) is 6.42 Å². The van der Waals surface area contributed by atoms with Gasteiger partial charge in [-0.05, 0) is 59.8 Å². The molecule has 0 aliphatic heterocycles. The summed E-state index contributed by atoms with van der Waals surface area (Å²) in [7, 11) is 0. The molecule has 1 aromatic rings. The summed E-state index contributed by atoms with van der Waals surface area (Å²) in [6.07, 6.45) is 4.57. The predicted molar refractivity (Wildman–Crippen MR) is 67.4 cm³/mol. The van der Waals surface area contributed by atoms with E-state index in [-0.39, 0.29) is 6.61 Å². The molecule has 0 radical (unpaired) electrons. The fourth-order valence-electron chi connectivity index (χ4n) is 2.09. The number of aliphatic hydroxyl groups excluding tert-OH is 1. The summed E-state index contributed by atoms with van der Waals surface area (Å²) in [5.41, 5.74) is 1.47. The fraction of sp³-hybridized carbons (Fsp3) is 0.636. The second-order valence-electron chi connectivity index (χ2n) is 3.91. The predicted octanol–water partition coefficient (Wildman–Crippen LogP) is 2.86. The molecule has 2 nitrogen and oxygen atoms in total. The van der Waals surface area contributed by atoms with Crippen LogP contribution in [0, 0.1) is 0 Å². The normalized spacial score (nSPS) is 20.3. The summed E-state index contributed by atoms with van der Waals surface area (Å²) in [5, 5.41) is 12.3. The van der Waals surface area contributed by atoms with Crippen molar-refractivity contribution < 1.29 is 5.11 Å². The zero-order valence-corrected chi connectivity index (χ0v) is 11.0. The Morgan fingerprint density at radius 2 is 2.47 bits per heavy atom. The first-order chi connectivity index (χ1) is 7.31. The topological polar surface area (TPSA) is 32.3 Å². The molecular weight excluding hydrogens is 274 g/mol. The van der Waals surface area contributed by atoms with Crippen LogP contribution >= 0.6 is 27.3 Å². The highest BCUT2D eigenvalue weighted by molar-refractivity contribution is 9.11. The maximum absolute atomic E-state index is 8.75. The monoisotopic (exact) mass is 289 g/mol. The van der Waals surface area contributed by atoms with Crippen LogP contribution in [0.5, 0.6) is 0 Å². The van der Waals surface area contributed by atoms with Gasteiger partial charge in [0.2, 0.25) is 0 Å². The molecule has 0 saturated carbocycles. The maximum atomic E-state index is 8.75. The number of fused-ring (bicyclic) bond motifs is 1. The van der Waals surface area contributed by atoms with E-state index in [9.17, 15) is 0 Å². The van der Waals surface area contributed by atoms with E-state index in [1.807, 2.05) is 11.3 Å². The van der Waals surface area contributed by atoms with Gasteiger partial charge < -0.3 is 10.4 Å². The van der Waals surface area contributed by atoms with Gasteiger partial charge in [-0.3, -0.25) is 0 Å². The van der Waals surface area contributed by atoms with Crippen molar-refractivity contribution >= 4 is 27.3 Å². The zero-order valence-electron chi connectivity index (χ0n) is 8.63. The molecule has 1 unspecified atom stereocenters. The van der Waals surface area contributed by atoms with Crippen LogP contribution in [-0.4, -0.2) is 18.3 Å². The highest BCUT2D eigenvalue weighted by atomic mass is 79.9. The van der Waals surface area contributed by atoms with Gasteiger partial charge in [0, 0.05) is 17.5 Å². The van der Waals surface area contributed by atoms with Crippen LogP contribution < -0.4 is 5.32 Å². The Morgan fingerprint density at radius 1 is 1.60 bits per heavy atom. The van der Waals surface area contributed by atoms with E-state index in [0.717, 1.165) is 13.0 Å². The van der Waals surface area contributed by atoms with E-state index in [1.165, 1.54) is 33.5 Å². The van der Waals surface area contributed by atoms with Gasteiger partial charge in [0.05, 0.1) is 3.79 Å². The first-order valence-electron chi connectivity index (χ1n) is 5.43. The number of nitrogens with one attached hydrogen (secondary N) is 1. The van der Waals surface area contributed by atoms with Crippen molar-refractivity contribution in [2.45, 2.75) is 31.7 Å². The van der Waals surface area contributed by atoms with E-state index in [4.69, 9.17) is 5.11 Å². The molecule has 1 heterocycles. The Labute approximate surface area is 103 Å². The smallest absolute Gasteiger partial charge is 0.0704 e. The number of rotatable bonds is 4. The standard InChI is InChI=1S/C11H16BrNOS/c12-11-7-8-9(13-5-2-6-14)3-1-4-10(8)15-11/h7,9,13-14H,1-6H2. The van der Waals surface area contributed by atoms with Gasteiger partial charge in [0.15, 0.2) is 0 Å². The quantitative estimate of drug-likeness (QED) is 0.836. The Hall–Kier alpha value is 0.100. The van der Waals surface area contributed by atoms with Crippen molar-refractivity contribution in [3.05, 3.63) is 20.3 Å². The van der Waals surface area contributed by atoms with E-state index in [1.54, 1.807) is 0 Å². The van der Waals surface area contributed by atoms with Gasteiger partial charge in [0.1, 0.15) is 0 Å². The largest absolute Gasteiger partial charge is 0.396 e. The number of aliphatic hydroxyl groups is 1. The summed E-state index contributed by atoms with van der Waals surface area (Å²) in [6.45, 7) is 1.19. The number of hydrogen-bond acceptors (Lipinski definition) is 3. The van der Waals surface area contributed by atoms with Crippen molar-refractivity contribution in [1.29, 1.82) is 0 Å². The zero-order chi connectivity index (χ0) is 10.7. The van der Waals surface area contributed by atoms with Crippen molar-refractivity contribution in [3.8, 4) is 0 Å². The lowest BCUT2D eigenvalue weighted by Crippen LogP contribution is -2.25. The van der Waals surface area contributed by atoms with Gasteiger partial charge in [-0.2, -0.15) is 0 Å². The summed E-state index contributed by atoms with van der Waals surface area (Å²) in [5.74, 6) is 0. The van der Waals surface area contributed by atoms with Crippen LogP contribution in [0.3, 0.4) is 0 Å². The molecule has 2 rings (SSSR count). The van der Waals surface area contributed by atoms with Gasteiger partial charge in [-0.15, -0.1) is 11.3 Å². The minimum Gasteiger partial charge on any atom is -0.396 e. The van der Waals surface area contributed by atoms with E-state index >= 15 is 0 Å². The molecular formula is C11H16BrNOS. The van der Waals surface area contributed by atoms with Crippen molar-refractivity contribution in [1.82, 2.24) is 5.32 Å². The third kappa shape index (κ3) is 2.81. The molecule has 1 aromatic heterocycles. The summed E-state index contributed by atoms with van der Waals surface area (Å²) in [4.78, 5) is 1.52. The Morgan fingerprint density at radius 3 is 3.27 bits per heavy atom. The van der Waals surface area contributed by atoms with Crippen molar-refractivity contribution in [2.24, 2.45) is 0 Å². The number of hydrogen-bond donors (Lipinski definition) is 2. The fourth-order valence-corrected chi connectivity index (χ4v) is 3.91. The van der Waals surface area contributed by atoms with E-state index < -0.39 is 0 Å². The number of aryl methyl sites for hydroxylation is 1. The lowest BCUT2D eigenvalue weighted by molar-refractivity contribution is 0.281. The molecule has 0 bridgehead atoms. The first kappa shape index (κ1) is 11.6. The molecule has 15 heavy (non-hydrogen) atoms. The van der Waals surface area contributed by atoms with Gasteiger partial charge in [-0.1, -0.05) is 0 Å². The average molecular weight is 290 g/mol. The van der Waals surface area contributed by atoms with Crippen LogP contribution in [0.1, 0.15) is 35.7 Å². The lowest BCUT2D eigenvalue weighted by Gasteiger charge is -2.23. The maximum Gasteiger partial charge on any atom is 0.0704 e. The van der Waals surface area contributed by atoms with Crippen molar-refractivity contribution in [2.75, 3.05) is 13.2 Å². The van der Waals surface area contributed by atoms with Crippen LogP contribution in [0.2, 0.25) is 0 Å². The summed E-state index contributed by atoms with van der Waals surface area (Å²) < 4.78 is 1.24. The Balaban J connectivity index is 2.01. The summed E-state index contributed by atoms with van der Waals surface area (Å²) in [6, 6.07) is 2.75. The van der Waals surface area contributed by atoms with Crippen LogP contribution in [0.15, 0.2) is 9.85 Å². The molecule has 1 atom stereocenters. The van der Waals surface area contributed by atoms with Gasteiger partial charge in [-0.25, -0.2) is 0 Å². The molecule has 0 amide bonds.